The highest BCUT2D eigenvalue weighted by Gasteiger charge is 2.15. The number of hydrogen-bond donors (Lipinski definition) is 2. The predicted octanol–water partition coefficient (Wildman–Crippen LogP) is -0.934. The van der Waals surface area contributed by atoms with Crippen molar-refractivity contribution in [1.82, 2.24) is 25.1 Å². The number of aromatic nitrogens is 4. The van der Waals surface area contributed by atoms with E-state index in [9.17, 15) is 4.79 Å². The largest absolute Gasteiger partial charge is 0.340 e. The summed E-state index contributed by atoms with van der Waals surface area (Å²) in [5.74, 6) is 0.632. The highest BCUT2D eigenvalue weighted by Crippen LogP contribution is 2.11. The third kappa shape index (κ3) is 1.68. The number of aromatic amines is 1. The quantitative estimate of drug-likeness (QED) is 0.666. The summed E-state index contributed by atoms with van der Waals surface area (Å²) in [7, 11) is 1.79. The fourth-order valence-corrected chi connectivity index (χ4v) is 2.05. The Morgan fingerprint density at radius 2 is 2.12 bits per heavy atom. The molecule has 17 heavy (non-hydrogen) atoms. The maximum Gasteiger partial charge on any atom is 0.263 e. The summed E-state index contributed by atoms with van der Waals surface area (Å²) in [6.07, 6.45) is 1.54. The van der Waals surface area contributed by atoms with E-state index in [1.807, 2.05) is 0 Å². The van der Waals surface area contributed by atoms with Crippen molar-refractivity contribution < 1.29 is 0 Å². The Balaban J connectivity index is 2.10. The van der Waals surface area contributed by atoms with E-state index in [4.69, 9.17) is 0 Å². The van der Waals surface area contributed by atoms with E-state index in [0.717, 1.165) is 26.2 Å². The zero-order valence-electron chi connectivity index (χ0n) is 9.60. The van der Waals surface area contributed by atoms with Gasteiger partial charge in [0.25, 0.3) is 5.56 Å². The monoisotopic (exact) mass is 234 g/mol. The van der Waals surface area contributed by atoms with Gasteiger partial charge in [0.1, 0.15) is 5.39 Å². The number of rotatable bonds is 1. The number of piperazine rings is 1. The minimum absolute atomic E-state index is 0.128. The summed E-state index contributed by atoms with van der Waals surface area (Å²) in [6.45, 7) is 3.53. The molecule has 0 aromatic carbocycles. The molecule has 2 aromatic heterocycles. The first-order valence-electron chi connectivity index (χ1n) is 5.63. The Hall–Kier alpha value is -1.89. The fraction of sp³-hybridized carbons (Fsp3) is 0.500. The van der Waals surface area contributed by atoms with Crippen molar-refractivity contribution in [3.63, 3.8) is 0 Å². The molecule has 2 aromatic rings. The highest BCUT2D eigenvalue weighted by atomic mass is 16.1. The Labute approximate surface area is 97.4 Å². The van der Waals surface area contributed by atoms with E-state index >= 15 is 0 Å². The average Bonchev–Trinajstić information content (AvgIpc) is 2.73. The molecule has 7 heteroatoms. The zero-order valence-corrected chi connectivity index (χ0v) is 9.60. The van der Waals surface area contributed by atoms with Crippen LogP contribution in [0, 0.1) is 0 Å². The van der Waals surface area contributed by atoms with Crippen molar-refractivity contribution >= 4 is 17.0 Å². The normalized spacial score (nSPS) is 16.6. The van der Waals surface area contributed by atoms with E-state index < -0.39 is 0 Å². The van der Waals surface area contributed by atoms with Crippen LogP contribution < -0.4 is 15.8 Å². The van der Waals surface area contributed by atoms with Gasteiger partial charge in [-0.05, 0) is 0 Å². The van der Waals surface area contributed by atoms with Crippen molar-refractivity contribution in [3.05, 3.63) is 16.6 Å². The molecule has 0 aliphatic carbocycles. The van der Waals surface area contributed by atoms with Crippen molar-refractivity contribution in [3.8, 4) is 0 Å². The van der Waals surface area contributed by atoms with Crippen LogP contribution in [0.2, 0.25) is 0 Å². The lowest BCUT2D eigenvalue weighted by Crippen LogP contribution is -2.44. The molecule has 0 unspecified atom stereocenters. The van der Waals surface area contributed by atoms with Crippen LogP contribution in [0.25, 0.3) is 11.0 Å². The van der Waals surface area contributed by atoms with Crippen LogP contribution in [-0.2, 0) is 7.05 Å². The topological polar surface area (TPSA) is 78.8 Å². The van der Waals surface area contributed by atoms with E-state index in [-0.39, 0.29) is 5.56 Å². The van der Waals surface area contributed by atoms with E-state index in [0.29, 0.717) is 17.0 Å². The molecule has 0 saturated carbocycles. The number of nitrogens with one attached hydrogen (secondary N) is 2. The van der Waals surface area contributed by atoms with Gasteiger partial charge in [-0.1, -0.05) is 0 Å². The standard InChI is InChI=1S/C10H14N6O/c1-15-8-7(6-12-15)9(17)14-10(13-8)16-4-2-11-3-5-16/h6,11H,2-5H2,1H3,(H,13,14,17). The maximum absolute atomic E-state index is 11.9. The zero-order chi connectivity index (χ0) is 11.8. The van der Waals surface area contributed by atoms with Crippen LogP contribution in [0.15, 0.2) is 11.0 Å². The first-order chi connectivity index (χ1) is 8.25. The first-order valence-corrected chi connectivity index (χ1v) is 5.63. The molecule has 90 valence electrons. The highest BCUT2D eigenvalue weighted by molar-refractivity contribution is 5.74. The summed E-state index contributed by atoms with van der Waals surface area (Å²) in [4.78, 5) is 21.2. The molecule has 1 fully saturated rings. The molecule has 3 heterocycles. The lowest BCUT2D eigenvalue weighted by molar-refractivity contribution is 0.579. The second-order valence-corrected chi connectivity index (χ2v) is 4.13. The predicted molar refractivity (Wildman–Crippen MR) is 64.2 cm³/mol. The molecular formula is C10H14N6O. The molecule has 0 atom stereocenters. The van der Waals surface area contributed by atoms with Crippen LogP contribution in [0.4, 0.5) is 5.95 Å². The number of anilines is 1. The number of nitrogens with zero attached hydrogens (tertiary/aromatic N) is 4. The number of H-pyrrole nitrogens is 1. The molecule has 1 aliphatic heterocycles. The smallest absolute Gasteiger partial charge is 0.263 e. The lowest BCUT2D eigenvalue weighted by atomic mass is 10.4. The number of fused-ring (bicyclic) bond motifs is 1. The average molecular weight is 234 g/mol. The van der Waals surface area contributed by atoms with Crippen LogP contribution >= 0.6 is 0 Å². The van der Waals surface area contributed by atoms with Gasteiger partial charge in [0.05, 0.1) is 6.20 Å². The molecule has 1 aliphatic rings. The maximum atomic E-state index is 11.9. The Morgan fingerprint density at radius 3 is 2.88 bits per heavy atom. The van der Waals surface area contributed by atoms with Crippen molar-refractivity contribution in [2.24, 2.45) is 7.05 Å². The SMILES string of the molecule is Cn1ncc2c(=O)[nH]c(N3CCNCC3)nc21. The first kappa shape index (κ1) is 10.3. The van der Waals surface area contributed by atoms with Gasteiger partial charge in [-0.2, -0.15) is 10.1 Å². The number of aryl methyl sites for hydroxylation is 1. The second-order valence-electron chi connectivity index (χ2n) is 4.13. The van der Waals surface area contributed by atoms with Gasteiger partial charge in [-0.3, -0.25) is 14.5 Å². The Bertz CT molecular complexity index is 594. The fourth-order valence-electron chi connectivity index (χ4n) is 2.05. The minimum Gasteiger partial charge on any atom is -0.340 e. The Morgan fingerprint density at radius 1 is 1.35 bits per heavy atom. The third-order valence-electron chi connectivity index (χ3n) is 3.01. The van der Waals surface area contributed by atoms with Crippen molar-refractivity contribution in [1.29, 1.82) is 0 Å². The lowest BCUT2D eigenvalue weighted by Gasteiger charge is -2.27. The van der Waals surface area contributed by atoms with Crippen molar-refractivity contribution in [2.45, 2.75) is 0 Å². The van der Waals surface area contributed by atoms with Gasteiger partial charge < -0.3 is 10.2 Å². The molecule has 0 spiro atoms. The van der Waals surface area contributed by atoms with Gasteiger partial charge >= 0.3 is 0 Å². The van der Waals surface area contributed by atoms with E-state index in [2.05, 4.69) is 25.3 Å². The van der Waals surface area contributed by atoms with Gasteiger partial charge in [0, 0.05) is 33.2 Å². The molecule has 3 rings (SSSR count). The third-order valence-corrected chi connectivity index (χ3v) is 3.01. The summed E-state index contributed by atoms with van der Waals surface area (Å²) in [5.41, 5.74) is 0.499. The van der Waals surface area contributed by atoms with Gasteiger partial charge in [0.2, 0.25) is 5.95 Å². The molecule has 2 N–H and O–H groups in total. The van der Waals surface area contributed by atoms with Crippen LogP contribution in [0.5, 0.6) is 0 Å². The van der Waals surface area contributed by atoms with Crippen LogP contribution in [0.3, 0.4) is 0 Å². The molecule has 0 amide bonds. The van der Waals surface area contributed by atoms with E-state index in [1.165, 1.54) is 0 Å². The summed E-state index contributed by atoms with van der Waals surface area (Å²) >= 11 is 0. The molecule has 0 radical (unpaired) electrons. The van der Waals surface area contributed by atoms with Crippen molar-refractivity contribution in [2.75, 3.05) is 31.1 Å². The Kier molecular flexibility index (Phi) is 2.32. The van der Waals surface area contributed by atoms with E-state index in [1.54, 1.807) is 17.9 Å². The van der Waals surface area contributed by atoms with Crippen LogP contribution in [-0.4, -0.2) is 45.9 Å². The van der Waals surface area contributed by atoms with Crippen LogP contribution in [0.1, 0.15) is 0 Å². The van der Waals surface area contributed by atoms with Gasteiger partial charge in [-0.25, -0.2) is 0 Å². The number of hydrogen-bond acceptors (Lipinski definition) is 5. The second kappa shape index (κ2) is 3.85. The molecule has 1 saturated heterocycles. The van der Waals surface area contributed by atoms with Gasteiger partial charge in [-0.15, -0.1) is 0 Å². The van der Waals surface area contributed by atoms with Gasteiger partial charge in [0.15, 0.2) is 5.65 Å². The molecule has 7 nitrogen and oxygen atoms in total. The minimum atomic E-state index is -0.128. The summed E-state index contributed by atoms with van der Waals surface area (Å²) in [6, 6.07) is 0. The summed E-state index contributed by atoms with van der Waals surface area (Å²) in [5, 5.41) is 7.84. The molecular weight excluding hydrogens is 220 g/mol. The molecule has 0 bridgehead atoms. The summed E-state index contributed by atoms with van der Waals surface area (Å²) < 4.78 is 1.62.